The third-order valence-electron chi connectivity index (χ3n) is 3.44. The topological polar surface area (TPSA) is 100 Å². The van der Waals surface area contributed by atoms with Crippen LogP contribution in [-0.4, -0.2) is 72.6 Å². The smallest absolute Gasteiger partial charge is 0.410 e. The Bertz CT molecular complexity index is 451. The summed E-state index contributed by atoms with van der Waals surface area (Å²) in [6.45, 7) is 10.9. The number of carbonyl (C=O) groups excluding carboxylic acids is 2. The molecule has 0 bridgehead atoms. The van der Waals surface area contributed by atoms with E-state index in [9.17, 15) is 9.59 Å². The Labute approximate surface area is 144 Å². The van der Waals surface area contributed by atoms with Crippen LogP contribution in [0.5, 0.6) is 0 Å². The molecule has 3 N–H and O–H groups in total. The molecular weight excluding hydrogens is 310 g/mol. The molecule has 138 valence electrons. The molecule has 1 fully saturated rings. The third kappa shape index (κ3) is 7.52. The number of hydrogen-bond donors (Lipinski definition) is 2. The fraction of sp³-hybridized carbons (Fsp3) is 0.812. The molecular formula is C16H31N5O3. The minimum atomic E-state index is -0.493. The average molecular weight is 341 g/mol. The first-order chi connectivity index (χ1) is 11.2. The first kappa shape index (κ1) is 20.1. The standard InChI is InChI=1S/C16H31N5O3/c1-5-7-18-13(22)6-8-19-14(17)20-9-11-21(12-10-20)15(23)24-16(2,3)4/h5-12H2,1-4H3,(H2,17,19)(H,18,22). The zero-order valence-corrected chi connectivity index (χ0v) is 15.3. The van der Waals surface area contributed by atoms with Crippen molar-refractivity contribution in [2.45, 2.75) is 46.1 Å². The fourth-order valence-electron chi connectivity index (χ4n) is 2.17. The van der Waals surface area contributed by atoms with Gasteiger partial charge in [-0.15, -0.1) is 0 Å². The Kier molecular flexibility index (Phi) is 7.81. The number of piperazine rings is 1. The van der Waals surface area contributed by atoms with Gasteiger partial charge in [0.05, 0.1) is 6.54 Å². The monoisotopic (exact) mass is 341 g/mol. The molecule has 1 saturated heterocycles. The van der Waals surface area contributed by atoms with Crippen LogP contribution in [0.4, 0.5) is 4.79 Å². The molecule has 0 aliphatic carbocycles. The summed E-state index contributed by atoms with van der Waals surface area (Å²) in [4.78, 5) is 31.3. The molecule has 8 heteroatoms. The largest absolute Gasteiger partial charge is 0.444 e. The average Bonchev–Trinajstić information content (AvgIpc) is 2.51. The zero-order valence-electron chi connectivity index (χ0n) is 15.3. The minimum Gasteiger partial charge on any atom is -0.444 e. The van der Waals surface area contributed by atoms with E-state index in [2.05, 4.69) is 10.3 Å². The summed E-state index contributed by atoms with van der Waals surface area (Å²) in [5, 5.41) is 2.80. The second-order valence-electron chi connectivity index (χ2n) is 6.79. The van der Waals surface area contributed by atoms with Crippen LogP contribution >= 0.6 is 0 Å². The lowest BCUT2D eigenvalue weighted by Crippen LogP contribution is -2.53. The van der Waals surface area contributed by atoms with Crippen molar-refractivity contribution in [2.75, 3.05) is 39.3 Å². The maximum absolute atomic E-state index is 12.0. The van der Waals surface area contributed by atoms with Gasteiger partial charge in [-0.2, -0.15) is 0 Å². The van der Waals surface area contributed by atoms with Gasteiger partial charge >= 0.3 is 6.09 Å². The van der Waals surface area contributed by atoms with Gasteiger partial charge < -0.3 is 25.6 Å². The van der Waals surface area contributed by atoms with Gasteiger partial charge in [0.15, 0.2) is 5.96 Å². The maximum atomic E-state index is 12.0. The van der Waals surface area contributed by atoms with Gasteiger partial charge in [0.25, 0.3) is 0 Å². The van der Waals surface area contributed by atoms with E-state index < -0.39 is 5.60 Å². The normalized spacial score (nSPS) is 16.1. The van der Waals surface area contributed by atoms with Crippen LogP contribution in [0, 0.1) is 0 Å². The highest BCUT2D eigenvalue weighted by molar-refractivity contribution is 5.80. The highest BCUT2D eigenvalue weighted by atomic mass is 16.6. The summed E-state index contributed by atoms with van der Waals surface area (Å²) in [7, 11) is 0. The van der Waals surface area contributed by atoms with Crippen LogP contribution in [0.1, 0.15) is 40.5 Å². The Balaban J connectivity index is 2.34. The van der Waals surface area contributed by atoms with Crippen molar-refractivity contribution in [2.24, 2.45) is 10.7 Å². The number of ether oxygens (including phenoxy) is 1. The number of hydrogen-bond acceptors (Lipinski definition) is 4. The molecule has 1 rings (SSSR count). The molecule has 1 heterocycles. The van der Waals surface area contributed by atoms with Crippen LogP contribution in [0.25, 0.3) is 0 Å². The van der Waals surface area contributed by atoms with Gasteiger partial charge in [-0.1, -0.05) is 6.92 Å². The van der Waals surface area contributed by atoms with Gasteiger partial charge in [-0.25, -0.2) is 4.79 Å². The molecule has 1 aliphatic rings. The van der Waals surface area contributed by atoms with Gasteiger partial charge in [0.1, 0.15) is 5.60 Å². The third-order valence-corrected chi connectivity index (χ3v) is 3.44. The number of rotatable bonds is 5. The molecule has 0 unspecified atom stereocenters. The second-order valence-corrected chi connectivity index (χ2v) is 6.79. The van der Waals surface area contributed by atoms with E-state index in [1.165, 1.54) is 0 Å². The van der Waals surface area contributed by atoms with Crippen LogP contribution in [0.3, 0.4) is 0 Å². The highest BCUT2D eigenvalue weighted by Crippen LogP contribution is 2.11. The van der Waals surface area contributed by atoms with Crippen molar-refractivity contribution in [1.82, 2.24) is 15.1 Å². The molecule has 8 nitrogen and oxygen atoms in total. The molecule has 0 spiro atoms. The number of guanidine groups is 1. The molecule has 0 aromatic carbocycles. The fourth-order valence-corrected chi connectivity index (χ4v) is 2.17. The summed E-state index contributed by atoms with van der Waals surface area (Å²) in [5.41, 5.74) is 5.47. The van der Waals surface area contributed by atoms with E-state index in [1.807, 2.05) is 32.6 Å². The zero-order chi connectivity index (χ0) is 18.2. The Morgan fingerprint density at radius 3 is 2.29 bits per heavy atom. The predicted octanol–water partition coefficient (Wildman–Crippen LogP) is 0.770. The molecule has 0 radical (unpaired) electrons. The molecule has 0 aromatic heterocycles. The van der Waals surface area contributed by atoms with Crippen molar-refractivity contribution >= 4 is 18.0 Å². The molecule has 1 aliphatic heterocycles. The summed E-state index contributed by atoms with van der Waals surface area (Å²) in [6.07, 6.45) is 0.947. The molecule has 24 heavy (non-hydrogen) atoms. The lowest BCUT2D eigenvalue weighted by molar-refractivity contribution is -0.120. The van der Waals surface area contributed by atoms with Gasteiger partial charge in [0.2, 0.25) is 5.91 Å². The second kappa shape index (κ2) is 9.34. The Morgan fingerprint density at radius 2 is 1.75 bits per heavy atom. The first-order valence-electron chi connectivity index (χ1n) is 8.52. The number of aliphatic imine (C=N–C) groups is 1. The van der Waals surface area contributed by atoms with Gasteiger partial charge in [-0.3, -0.25) is 9.79 Å². The van der Waals surface area contributed by atoms with Crippen molar-refractivity contribution in [3.63, 3.8) is 0 Å². The number of nitrogens with two attached hydrogens (primary N) is 1. The SMILES string of the molecule is CCCNC(=O)CCN=C(N)N1CCN(C(=O)OC(C)(C)C)CC1. The van der Waals surface area contributed by atoms with Crippen LogP contribution in [0.2, 0.25) is 0 Å². The van der Waals surface area contributed by atoms with Crippen molar-refractivity contribution in [1.29, 1.82) is 0 Å². The summed E-state index contributed by atoms with van der Waals surface area (Å²) in [5.74, 6) is 0.408. The van der Waals surface area contributed by atoms with Gasteiger partial charge in [-0.05, 0) is 27.2 Å². The van der Waals surface area contributed by atoms with Crippen LogP contribution < -0.4 is 11.1 Å². The quantitative estimate of drug-likeness (QED) is 0.568. The number of carbonyl (C=O) groups is 2. The van der Waals surface area contributed by atoms with Crippen LogP contribution in [0.15, 0.2) is 4.99 Å². The molecule has 0 atom stereocenters. The summed E-state index contributed by atoms with van der Waals surface area (Å²) in [6, 6.07) is 0. The number of amides is 2. The van der Waals surface area contributed by atoms with Crippen LogP contribution in [-0.2, 0) is 9.53 Å². The highest BCUT2D eigenvalue weighted by Gasteiger charge is 2.26. The van der Waals surface area contributed by atoms with Gasteiger partial charge in [0, 0.05) is 39.1 Å². The van der Waals surface area contributed by atoms with Crippen molar-refractivity contribution in [3.8, 4) is 0 Å². The maximum Gasteiger partial charge on any atom is 0.410 e. The van der Waals surface area contributed by atoms with Crippen molar-refractivity contribution in [3.05, 3.63) is 0 Å². The first-order valence-corrected chi connectivity index (χ1v) is 8.52. The molecule has 2 amide bonds. The van der Waals surface area contributed by atoms with Crippen molar-refractivity contribution < 1.29 is 14.3 Å². The Morgan fingerprint density at radius 1 is 1.17 bits per heavy atom. The number of nitrogens with zero attached hydrogens (tertiary/aromatic N) is 3. The summed E-state index contributed by atoms with van der Waals surface area (Å²) >= 11 is 0. The number of nitrogens with one attached hydrogen (secondary N) is 1. The van der Waals surface area contributed by atoms with E-state index in [0.29, 0.717) is 51.6 Å². The molecule has 0 saturated carbocycles. The predicted molar refractivity (Wildman–Crippen MR) is 93.8 cm³/mol. The minimum absolute atomic E-state index is 0.0110. The van der Waals surface area contributed by atoms with E-state index in [1.54, 1.807) is 4.90 Å². The van der Waals surface area contributed by atoms with E-state index in [0.717, 1.165) is 6.42 Å². The summed E-state index contributed by atoms with van der Waals surface area (Å²) < 4.78 is 5.36. The van der Waals surface area contributed by atoms with E-state index in [-0.39, 0.29) is 12.0 Å². The molecule has 0 aromatic rings. The Hall–Kier alpha value is -1.99. The lowest BCUT2D eigenvalue weighted by atomic mass is 10.2. The lowest BCUT2D eigenvalue weighted by Gasteiger charge is -2.36. The van der Waals surface area contributed by atoms with E-state index in [4.69, 9.17) is 10.5 Å². The van der Waals surface area contributed by atoms with E-state index >= 15 is 0 Å².